The Morgan fingerprint density at radius 1 is 1.19 bits per heavy atom. The topological polar surface area (TPSA) is 63.9 Å². The molecule has 0 saturated carbocycles. The summed E-state index contributed by atoms with van der Waals surface area (Å²) in [5, 5.41) is 13.6. The molecule has 0 spiro atoms. The molecule has 2 N–H and O–H groups in total. The largest absolute Gasteiger partial charge is 0.486 e. The van der Waals surface area contributed by atoms with E-state index in [0.29, 0.717) is 32.1 Å². The fourth-order valence-electron chi connectivity index (χ4n) is 2.32. The molecule has 0 fully saturated rings. The highest BCUT2D eigenvalue weighted by Gasteiger charge is 2.25. The fourth-order valence-corrected chi connectivity index (χ4v) is 2.32. The van der Waals surface area contributed by atoms with Crippen molar-refractivity contribution in [2.75, 3.05) is 19.8 Å². The van der Waals surface area contributed by atoms with Crippen molar-refractivity contribution < 1.29 is 19.0 Å². The van der Waals surface area contributed by atoms with E-state index in [2.05, 4.69) is 5.32 Å². The lowest BCUT2D eigenvalue weighted by Gasteiger charge is -2.22. The second kappa shape index (κ2) is 5.79. The average molecular weight is 289 g/mol. The summed E-state index contributed by atoms with van der Waals surface area (Å²) in [5.41, 5.74) is 0.0478. The van der Waals surface area contributed by atoms with E-state index in [1.807, 2.05) is 18.2 Å². The second-order valence-corrected chi connectivity index (χ2v) is 5.33. The van der Waals surface area contributed by atoms with Crippen molar-refractivity contribution in [3.63, 3.8) is 0 Å². The molecule has 112 valence electrons. The number of benzene rings is 1. The zero-order valence-electron chi connectivity index (χ0n) is 12.0. The van der Waals surface area contributed by atoms with E-state index in [1.54, 1.807) is 25.3 Å². The summed E-state index contributed by atoms with van der Waals surface area (Å²) in [6, 6.07) is 9.40. The molecule has 0 radical (unpaired) electrons. The summed E-state index contributed by atoms with van der Waals surface area (Å²) in [7, 11) is 0. The molecule has 1 aliphatic rings. The zero-order chi connectivity index (χ0) is 14.7. The number of hydrogen-bond donors (Lipinski definition) is 2. The zero-order valence-corrected chi connectivity index (χ0v) is 12.0. The van der Waals surface area contributed by atoms with E-state index in [0.717, 1.165) is 17.1 Å². The summed E-state index contributed by atoms with van der Waals surface area (Å²) >= 11 is 0. The van der Waals surface area contributed by atoms with Crippen LogP contribution in [0.25, 0.3) is 0 Å². The maximum atomic E-state index is 10.3. The van der Waals surface area contributed by atoms with Crippen LogP contribution in [0, 0.1) is 0 Å². The Kier molecular flexibility index (Phi) is 3.86. The monoisotopic (exact) mass is 289 g/mol. The van der Waals surface area contributed by atoms with Crippen LogP contribution in [0.1, 0.15) is 18.2 Å². The van der Waals surface area contributed by atoms with Gasteiger partial charge in [0.25, 0.3) is 0 Å². The summed E-state index contributed by atoms with van der Waals surface area (Å²) < 4.78 is 16.3. The highest BCUT2D eigenvalue weighted by molar-refractivity contribution is 5.43. The van der Waals surface area contributed by atoms with E-state index >= 15 is 0 Å². The molecule has 1 unspecified atom stereocenters. The van der Waals surface area contributed by atoms with Crippen LogP contribution in [0.4, 0.5) is 0 Å². The molecule has 1 atom stereocenters. The molecule has 0 aliphatic carbocycles. The van der Waals surface area contributed by atoms with Crippen molar-refractivity contribution in [1.29, 1.82) is 0 Å². The lowest BCUT2D eigenvalue weighted by atomic mass is 10.0. The van der Waals surface area contributed by atoms with Gasteiger partial charge in [-0.3, -0.25) is 0 Å². The van der Waals surface area contributed by atoms with Crippen molar-refractivity contribution in [1.82, 2.24) is 5.32 Å². The van der Waals surface area contributed by atoms with Crippen molar-refractivity contribution in [2.45, 2.75) is 19.1 Å². The highest BCUT2D eigenvalue weighted by Crippen LogP contribution is 2.30. The summed E-state index contributed by atoms with van der Waals surface area (Å²) in [6.07, 6.45) is 1.56. The van der Waals surface area contributed by atoms with Gasteiger partial charge in [-0.2, -0.15) is 0 Å². The molecule has 0 amide bonds. The van der Waals surface area contributed by atoms with Gasteiger partial charge >= 0.3 is 0 Å². The minimum atomic E-state index is -1.03. The lowest BCUT2D eigenvalue weighted by molar-refractivity contribution is 0.0340. The van der Waals surface area contributed by atoms with Crippen molar-refractivity contribution in [3.05, 3.63) is 47.9 Å². The number of ether oxygens (including phenoxy) is 2. The van der Waals surface area contributed by atoms with E-state index < -0.39 is 5.60 Å². The molecular weight excluding hydrogens is 270 g/mol. The maximum Gasteiger partial charge on any atom is 0.161 e. The average Bonchev–Trinajstić information content (AvgIpc) is 3.02. The molecule has 2 aromatic rings. The molecule has 3 rings (SSSR count). The van der Waals surface area contributed by atoms with E-state index in [-0.39, 0.29) is 0 Å². The number of nitrogens with one attached hydrogen (secondary N) is 1. The molecule has 0 saturated heterocycles. The van der Waals surface area contributed by atoms with Gasteiger partial charge in [0, 0.05) is 13.1 Å². The first-order valence-corrected chi connectivity index (χ1v) is 7.01. The Labute approximate surface area is 123 Å². The Morgan fingerprint density at radius 3 is 2.76 bits per heavy atom. The molecule has 1 aromatic carbocycles. The standard InChI is InChI=1S/C16H19NO4/c1-16(18,15-3-2-6-21-15)11-17-10-12-4-5-13-14(9-12)20-8-7-19-13/h2-6,9,17-18H,7-8,10-11H2,1H3. The van der Waals surface area contributed by atoms with Gasteiger partial charge < -0.3 is 24.3 Å². The number of aliphatic hydroxyl groups is 1. The van der Waals surface area contributed by atoms with E-state index in [4.69, 9.17) is 13.9 Å². The van der Waals surface area contributed by atoms with Crippen molar-refractivity contribution in [2.24, 2.45) is 0 Å². The first kappa shape index (κ1) is 14.0. The first-order chi connectivity index (χ1) is 10.1. The van der Waals surface area contributed by atoms with Crippen LogP contribution in [-0.2, 0) is 12.1 Å². The van der Waals surface area contributed by atoms with Gasteiger partial charge in [0.05, 0.1) is 6.26 Å². The summed E-state index contributed by atoms with van der Waals surface area (Å²) in [6.45, 7) is 3.93. The van der Waals surface area contributed by atoms with Gasteiger partial charge in [-0.1, -0.05) is 6.07 Å². The van der Waals surface area contributed by atoms with Gasteiger partial charge in [0.2, 0.25) is 0 Å². The predicted octanol–water partition coefficient (Wildman–Crippen LogP) is 2.05. The van der Waals surface area contributed by atoms with Crippen LogP contribution in [0.2, 0.25) is 0 Å². The normalized spacial score (nSPS) is 16.5. The quantitative estimate of drug-likeness (QED) is 0.882. The molecule has 21 heavy (non-hydrogen) atoms. The summed E-state index contributed by atoms with van der Waals surface area (Å²) in [5.74, 6) is 2.11. The Bertz CT molecular complexity index is 592. The molecule has 5 heteroatoms. The Morgan fingerprint density at radius 2 is 2.00 bits per heavy atom. The third kappa shape index (κ3) is 3.20. The molecule has 1 aromatic heterocycles. The molecule has 5 nitrogen and oxygen atoms in total. The van der Waals surface area contributed by atoms with Gasteiger partial charge in [0.1, 0.15) is 24.6 Å². The molecule has 0 bridgehead atoms. The first-order valence-electron chi connectivity index (χ1n) is 7.01. The van der Waals surface area contributed by atoms with Crippen LogP contribution in [-0.4, -0.2) is 24.9 Å². The van der Waals surface area contributed by atoms with Crippen LogP contribution in [0.5, 0.6) is 11.5 Å². The fraction of sp³-hybridized carbons (Fsp3) is 0.375. The van der Waals surface area contributed by atoms with Crippen molar-refractivity contribution >= 4 is 0 Å². The summed E-state index contributed by atoms with van der Waals surface area (Å²) in [4.78, 5) is 0. The third-order valence-corrected chi connectivity index (χ3v) is 3.46. The Hall–Kier alpha value is -1.98. The van der Waals surface area contributed by atoms with Crippen molar-refractivity contribution in [3.8, 4) is 11.5 Å². The Balaban J connectivity index is 1.58. The van der Waals surface area contributed by atoms with Crippen LogP contribution in [0.15, 0.2) is 41.0 Å². The van der Waals surface area contributed by atoms with Crippen LogP contribution in [0.3, 0.4) is 0 Å². The van der Waals surface area contributed by atoms with Crippen LogP contribution < -0.4 is 14.8 Å². The predicted molar refractivity (Wildman–Crippen MR) is 77.4 cm³/mol. The van der Waals surface area contributed by atoms with Gasteiger partial charge in [-0.25, -0.2) is 0 Å². The lowest BCUT2D eigenvalue weighted by Crippen LogP contribution is -2.34. The number of hydrogen-bond acceptors (Lipinski definition) is 5. The number of furan rings is 1. The third-order valence-electron chi connectivity index (χ3n) is 3.46. The van der Waals surface area contributed by atoms with E-state index in [1.165, 1.54) is 0 Å². The maximum absolute atomic E-state index is 10.3. The molecule has 1 aliphatic heterocycles. The minimum absolute atomic E-state index is 0.398. The highest BCUT2D eigenvalue weighted by atomic mass is 16.6. The smallest absolute Gasteiger partial charge is 0.161 e. The number of fused-ring (bicyclic) bond motifs is 1. The SMILES string of the molecule is CC(O)(CNCc1ccc2c(c1)OCCO2)c1ccco1. The number of rotatable bonds is 5. The molecular formula is C16H19NO4. The van der Waals surface area contributed by atoms with Crippen LogP contribution >= 0.6 is 0 Å². The minimum Gasteiger partial charge on any atom is -0.486 e. The van der Waals surface area contributed by atoms with Gasteiger partial charge in [-0.05, 0) is 36.8 Å². The van der Waals surface area contributed by atoms with E-state index in [9.17, 15) is 5.11 Å². The van der Waals surface area contributed by atoms with Gasteiger partial charge in [0.15, 0.2) is 11.5 Å². The van der Waals surface area contributed by atoms with Gasteiger partial charge in [-0.15, -0.1) is 0 Å². The second-order valence-electron chi connectivity index (χ2n) is 5.33. The molecule has 2 heterocycles.